The molecule has 1 N–H and O–H groups in total. The highest BCUT2D eigenvalue weighted by atomic mass is 16.7. The predicted molar refractivity (Wildman–Crippen MR) is 94.7 cm³/mol. The zero-order chi connectivity index (χ0) is 18.2. The van der Waals surface area contributed by atoms with Crippen LogP contribution in [0.4, 0.5) is 0 Å². The third-order valence-corrected chi connectivity index (χ3v) is 3.59. The molecule has 0 aromatic heterocycles. The SMILES string of the molecule is COCO[C@@H](C)[C@@H](CC(=O)OC(C)(C)C)N[C@@H](C)c1ccccc1. The van der Waals surface area contributed by atoms with Gasteiger partial charge in [0.15, 0.2) is 0 Å². The van der Waals surface area contributed by atoms with E-state index in [1.165, 1.54) is 0 Å². The number of benzene rings is 1. The first-order valence-electron chi connectivity index (χ1n) is 8.36. The van der Waals surface area contributed by atoms with Gasteiger partial charge in [0.1, 0.15) is 12.4 Å². The summed E-state index contributed by atoms with van der Waals surface area (Å²) in [6.45, 7) is 9.78. The van der Waals surface area contributed by atoms with Gasteiger partial charge in [-0.15, -0.1) is 0 Å². The molecule has 0 amide bonds. The van der Waals surface area contributed by atoms with Gasteiger partial charge in [0, 0.05) is 19.2 Å². The molecule has 0 unspecified atom stereocenters. The maximum atomic E-state index is 12.2. The summed E-state index contributed by atoms with van der Waals surface area (Å²) < 4.78 is 16.0. The quantitative estimate of drug-likeness (QED) is 0.552. The molecule has 0 bridgehead atoms. The third kappa shape index (κ3) is 7.90. The molecule has 0 aliphatic heterocycles. The van der Waals surface area contributed by atoms with Crippen molar-refractivity contribution in [1.29, 1.82) is 0 Å². The van der Waals surface area contributed by atoms with E-state index in [-0.39, 0.29) is 37.4 Å². The van der Waals surface area contributed by atoms with Crippen molar-refractivity contribution in [1.82, 2.24) is 5.32 Å². The van der Waals surface area contributed by atoms with Crippen LogP contribution in [0.1, 0.15) is 52.6 Å². The fraction of sp³-hybridized carbons (Fsp3) is 0.632. The second kappa shape index (κ2) is 9.77. The molecular weight excluding hydrogens is 306 g/mol. The third-order valence-electron chi connectivity index (χ3n) is 3.59. The van der Waals surface area contributed by atoms with Crippen molar-refractivity contribution >= 4 is 5.97 Å². The number of nitrogens with one attached hydrogen (secondary N) is 1. The molecule has 24 heavy (non-hydrogen) atoms. The van der Waals surface area contributed by atoms with Crippen LogP contribution in [-0.4, -0.2) is 37.6 Å². The highest BCUT2D eigenvalue weighted by molar-refractivity contribution is 5.70. The number of esters is 1. The summed E-state index contributed by atoms with van der Waals surface area (Å²) in [5, 5.41) is 3.48. The second-order valence-electron chi connectivity index (χ2n) is 6.97. The van der Waals surface area contributed by atoms with Crippen LogP contribution >= 0.6 is 0 Å². The van der Waals surface area contributed by atoms with E-state index in [4.69, 9.17) is 14.2 Å². The van der Waals surface area contributed by atoms with E-state index in [1.54, 1.807) is 7.11 Å². The van der Waals surface area contributed by atoms with Gasteiger partial charge in [-0.1, -0.05) is 30.3 Å². The van der Waals surface area contributed by atoms with E-state index in [0.717, 1.165) is 5.56 Å². The normalized spacial score (nSPS) is 15.6. The summed E-state index contributed by atoms with van der Waals surface area (Å²) in [7, 11) is 1.58. The standard InChI is InChI=1S/C19H31NO4/c1-14(16-10-8-7-9-11-16)20-17(15(2)23-13-22-6)12-18(21)24-19(3,4)5/h7-11,14-15,17,20H,12-13H2,1-6H3/t14-,15-,17+/m0/s1. The molecule has 136 valence electrons. The van der Waals surface area contributed by atoms with Crippen LogP contribution in [0.25, 0.3) is 0 Å². The van der Waals surface area contributed by atoms with Gasteiger partial charge in [0.05, 0.1) is 12.5 Å². The fourth-order valence-electron chi connectivity index (χ4n) is 2.37. The molecule has 0 aliphatic rings. The van der Waals surface area contributed by atoms with E-state index in [1.807, 2.05) is 45.9 Å². The summed E-state index contributed by atoms with van der Waals surface area (Å²) >= 11 is 0. The van der Waals surface area contributed by atoms with Gasteiger partial charge in [-0.25, -0.2) is 0 Å². The van der Waals surface area contributed by atoms with Crippen molar-refractivity contribution in [2.24, 2.45) is 0 Å². The zero-order valence-electron chi connectivity index (χ0n) is 15.7. The van der Waals surface area contributed by atoms with Crippen molar-refractivity contribution < 1.29 is 19.0 Å². The van der Waals surface area contributed by atoms with Crippen LogP contribution in [0.5, 0.6) is 0 Å². The molecule has 0 fully saturated rings. The first kappa shape index (κ1) is 20.6. The smallest absolute Gasteiger partial charge is 0.307 e. The number of ether oxygens (including phenoxy) is 3. The summed E-state index contributed by atoms with van der Waals surface area (Å²) in [5.74, 6) is -0.242. The second-order valence-corrected chi connectivity index (χ2v) is 6.97. The van der Waals surface area contributed by atoms with Gasteiger partial charge in [-0.3, -0.25) is 4.79 Å². The zero-order valence-corrected chi connectivity index (χ0v) is 15.7. The Hall–Kier alpha value is -1.43. The van der Waals surface area contributed by atoms with Crippen molar-refractivity contribution in [2.45, 2.75) is 64.8 Å². The number of hydrogen-bond acceptors (Lipinski definition) is 5. The Morgan fingerprint density at radius 3 is 2.33 bits per heavy atom. The Kier molecular flexibility index (Phi) is 8.39. The fourth-order valence-corrected chi connectivity index (χ4v) is 2.37. The minimum absolute atomic E-state index is 0.0900. The van der Waals surface area contributed by atoms with E-state index < -0.39 is 5.60 Å². The summed E-state index contributed by atoms with van der Waals surface area (Å²) in [6, 6.07) is 10.0. The van der Waals surface area contributed by atoms with Crippen molar-refractivity contribution in [3.63, 3.8) is 0 Å². The van der Waals surface area contributed by atoms with Gasteiger partial charge >= 0.3 is 5.97 Å². The minimum Gasteiger partial charge on any atom is -0.460 e. The van der Waals surface area contributed by atoms with E-state index in [2.05, 4.69) is 24.4 Å². The topological polar surface area (TPSA) is 56.8 Å². The average Bonchev–Trinajstić information content (AvgIpc) is 2.50. The molecule has 5 heteroatoms. The predicted octanol–water partition coefficient (Wildman–Crippen LogP) is 3.45. The summed E-state index contributed by atoms with van der Waals surface area (Å²) in [6.07, 6.45) is 0.0444. The van der Waals surface area contributed by atoms with Gasteiger partial charge in [-0.05, 0) is 40.2 Å². The van der Waals surface area contributed by atoms with Crippen LogP contribution in [0.15, 0.2) is 30.3 Å². The first-order chi connectivity index (χ1) is 11.2. The van der Waals surface area contributed by atoms with E-state index in [0.29, 0.717) is 0 Å². The summed E-state index contributed by atoms with van der Waals surface area (Å²) in [5.41, 5.74) is 0.661. The van der Waals surface area contributed by atoms with Crippen LogP contribution in [0.2, 0.25) is 0 Å². The maximum Gasteiger partial charge on any atom is 0.307 e. The van der Waals surface area contributed by atoms with Crippen molar-refractivity contribution in [3.05, 3.63) is 35.9 Å². The molecule has 1 rings (SSSR count). The molecule has 3 atom stereocenters. The van der Waals surface area contributed by atoms with Crippen LogP contribution < -0.4 is 5.32 Å². The van der Waals surface area contributed by atoms with Gasteiger partial charge in [0.25, 0.3) is 0 Å². The number of carbonyl (C=O) groups excluding carboxylic acids is 1. The van der Waals surface area contributed by atoms with E-state index >= 15 is 0 Å². The number of hydrogen-bond donors (Lipinski definition) is 1. The van der Waals surface area contributed by atoms with Crippen LogP contribution in [-0.2, 0) is 19.0 Å². The molecule has 1 aromatic carbocycles. The van der Waals surface area contributed by atoms with Crippen LogP contribution in [0, 0.1) is 0 Å². The molecular formula is C19H31NO4. The van der Waals surface area contributed by atoms with Crippen molar-refractivity contribution in [2.75, 3.05) is 13.9 Å². The Balaban J connectivity index is 2.75. The lowest BCUT2D eigenvalue weighted by atomic mass is 10.0. The van der Waals surface area contributed by atoms with Gasteiger partial charge < -0.3 is 19.5 Å². The molecule has 0 aliphatic carbocycles. The van der Waals surface area contributed by atoms with Crippen molar-refractivity contribution in [3.8, 4) is 0 Å². The van der Waals surface area contributed by atoms with E-state index in [9.17, 15) is 4.79 Å². The molecule has 0 saturated heterocycles. The lowest BCUT2D eigenvalue weighted by Crippen LogP contribution is -2.43. The number of rotatable bonds is 9. The summed E-state index contributed by atoms with van der Waals surface area (Å²) in [4.78, 5) is 12.2. The molecule has 0 saturated carbocycles. The molecule has 0 heterocycles. The highest BCUT2D eigenvalue weighted by Crippen LogP contribution is 2.17. The minimum atomic E-state index is -0.497. The largest absolute Gasteiger partial charge is 0.460 e. The molecule has 0 radical (unpaired) electrons. The van der Waals surface area contributed by atoms with Gasteiger partial charge in [-0.2, -0.15) is 0 Å². The number of carbonyl (C=O) groups is 1. The Bertz CT molecular complexity index is 484. The molecule has 1 aromatic rings. The lowest BCUT2D eigenvalue weighted by Gasteiger charge is -2.29. The monoisotopic (exact) mass is 337 g/mol. The Morgan fingerprint density at radius 1 is 1.17 bits per heavy atom. The maximum absolute atomic E-state index is 12.2. The molecule has 5 nitrogen and oxygen atoms in total. The first-order valence-corrected chi connectivity index (χ1v) is 8.36. The lowest BCUT2D eigenvalue weighted by molar-refractivity contribution is -0.157. The highest BCUT2D eigenvalue weighted by Gasteiger charge is 2.26. The number of methoxy groups -OCH3 is 1. The molecule has 0 spiro atoms. The van der Waals surface area contributed by atoms with Crippen LogP contribution in [0.3, 0.4) is 0 Å². The Morgan fingerprint density at radius 2 is 1.79 bits per heavy atom. The van der Waals surface area contributed by atoms with Gasteiger partial charge in [0.2, 0.25) is 0 Å². The Labute approximate surface area is 145 Å². The average molecular weight is 337 g/mol.